The summed E-state index contributed by atoms with van der Waals surface area (Å²) in [6.45, 7) is 0. The van der Waals surface area contributed by atoms with Crippen LogP contribution in [0.3, 0.4) is 0 Å². The molecule has 64 valence electrons. The van der Waals surface area contributed by atoms with Gasteiger partial charge in [-0.15, -0.1) is 0 Å². The fourth-order valence-corrected chi connectivity index (χ4v) is 1.37. The molecular formula is C7H5Br2NO2. The SMILES string of the molecule is COC(=O)c1cncc(Br)c1Br. The van der Waals surface area contributed by atoms with E-state index in [-0.39, 0.29) is 0 Å². The minimum Gasteiger partial charge on any atom is -0.465 e. The van der Waals surface area contributed by atoms with Gasteiger partial charge in [0, 0.05) is 16.9 Å². The summed E-state index contributed by atoms with van der Waals surface area (Å²) in [4.78, 5) is 14.9. The summed E-state index contributed by atoms with van der Waals surface area (Å²) < 4.78 is 5.93. The van der Waals surface area contributed by atoms with Crippen LogP contribution in [-0.4, -0.2) is 18.1 Å². The molecule has 5 heteroatoms. The molecule has 1 aromatic heterocycles. The van der Waals surface area contributed by atoms with E-state index in [9.17, 15) is 4.79 Å². The van der Waals surface area contributed by atoms with Gasteiger partial charge < -0.3 is 4.74 Å². The third kappa shape index (κ3) is 1.84. The Kier molecular flexibility index (Phi) is 3.22. The zero-order valence-corrected chi connectivity index (χ0v) is 9.35. The number of ether oxygens (including phenoxy) is 1. The van der Waals surface area contributed by atoms with E-state index in [0.29, 0.717) is 10.0 Å². The van der Waals surface area contributed by atoms with Crippen molar-refractivity contribution in [2.45, 2.75) is 0 Å². The Morgan fingerprint density at radius 2 is 2.17 bits per heavy atom. The van der Waals surface area contributed by atoms with Crippen molar-refractivity contribution in [1.82, 2.24) is 4.98 Å². The maximum atomic E-state index is 11.1. The second kappa shape index (κ2) is 4.00. The average molecular weight is 295 g/mol. The first-order valence-electron chi connectivity index (χ1n) is 3.04. The molecule has 0 bridgehead atoms. The number of halogens is 2. The summed E-state index contributed by atoms with van der Waals surface area (Å²) in [5.41, 5.74) is 0.409. The highest BCUT2D eigenvalue weighted by Crippen LogP contribution is 2.25. The molecule has 12 heavy (non-hydrogen) atoms. The number of hydrogen-bond donors (Lipinski definition) is 0. The molecular weight excluding hydrogens is 290 g/mol. The van der Waals surface area contributed by atoms with Crippen LogP contribution in [0.4, 0.5) is 0 Å². The molecule has 0 spiro atoms. The predicted molar refractivity (Wildman–Crippen MR) is 51.0 cm³/mol. The topological polar surface area (TPSA) is 39.2 Å². The first-order valence-corrected chi connectivity index (χ1v) is 4.62. The fraction of sp³-hybridized carbons (Fsp3) is 0.143. The zero-order chi connectivity index (χ0) is 9.14. The molecule has 0 radical (unpaired) electrons. The van der Waals surface area contributed by atoms with Gasteiger partial charge in [-0.2, -0.15) is 0 Å². The largest absolute Gasteiger partial charge is 0.465 e. The Hall–Kier alpha value is -0.420. The highest BCUT2D eigenvalue weighted by molar-refractivity contribution is 9.13. The van der Waals surface area contributed by atoms with Crippen molar-refractivity contribution in [2.75, 3.05) is 7.11 Å². The number of nitrogens with zero attached hydrogens (tertiary/aromatic N) is 1. The quantitative estimate of drug-likeness (QED) is 0.747. The standard InChI is InChI=1S/C7H5Br2NO2/c1-12-7(11)4-2-10-3-5(8)6(4)9/h2-3H,1H3. The number of rotatable bonds is 1. The normalized spacial score (nSPS) is 9.58. The van der Waals surface area contributed by atoms with Crippen LogP contribution >= 0.6 is 31.9 Å². The van der Waals surface area contributed by atoms with E-state index in [4.69, 9.17) is 0 Å². The van der Waals surface area contributed by atoms with E-state index in [1.807, 2.05) is 0 Å². The second-order valence-corrected chi connectivity index (χ2v) is 3.62. The van der Waals surface area contributed by atoms with Crippen molar-refractivity contribution in [2.24, 2.45) is 0 Å². The zero-order valence-electron chi connectivity index (χ0n) is 6.17. The van der Waals surface area contributed by atoms with Gasteiger partial charge in [-0.25, -0.2) is 4.79 Å². The maximum absolute atomic E-state index is 11.1. The lowest BCUT2D eigenvalue weighted by molar-refractivity contribution is 0.0599. The Labute approximate surface area is 86.4 Å². The van der Waals surface area contributed by atoms with Crippen LogP contribution in [0.1, 0.15) is 10.4 Å². The summed E-state index contributed by atoms with van der Waals surface area (Å²) in [7, 11) is 1.33. The van der Waals surface area contributed by atoms with Gasteiger partial charge in [0.15, 0.2) is 0 Å². The Morgan fingerprint density at radius 1 is 1.50 bits per heavy atom. The fourth-order valence-electron chi connectivity index (χ4n) is 0.672. The molecule has 0 aliphatic carbocycles. The minimum atomic E-state index is -0.407. The molecule has 1 rings (SSSR count). The molecule has 3 nitrogen and oxygen atoms in total. The number of pyridine rings is 1. The molecule has 0 atom stereocenters. The molecule has 0 fully saturated rings. The van der Waals surface area contributed by atoms with E-state index in [1.54, 1.807) is 6.20 Å². The molecule has 0 saturated heterocycles. The summed E-state index contributed by atoms with van der Waals surface area (Å²) in [6.07, 6.45) is 3.04. The third-order valence-electron chi connectivity index (χ3n) is 1.24. The Bertz CT molecular complexity index is 314. The van der Waals surface area contributed by atoms with Crippen molar-refractivity contribution in [3.63, 3.8) is 0 Å². The van der Waals surface area contributed by atoms with Crippen LogP contribution < -0.4 is 0 Å². The molecule has 1 heterocycles. The van der Waals surface area contributed by atoms with Gasteiger partial charge in [0.2, 0.25) is 0 Å². The average Bonchev–Trinajstić information content (AvgIpc) is 2.08. The van der Waals surface area contributed by atoms with Crippen LogP contribution in [-0.2, 0) is 4.74 Å². The molecule has 0 aliphatic heterocycles. The highest BCUT2D eigenvalue weighted by atomic mass is 79.9. The smallest absolute Gasteiger partial charge is 0.340 e. The van der Waals surface area contributed by atoms with E-state index in [2.05, 4.69) is 41.6 Å². The Morgan fingerprint density at radius 3 is 2.75 bits per heavy atom. The van der Waals surface area contributed by atoms with Gasteiger partial charge >= 0.3 is 5.97 Å². The van der Waals surface area contributed by atoms with E-state index in [0.717, 1.165) is 4.47 Å². The lowest BCUT2D eigenvalue weighted by Gasteiger charge is -2.01. The second-order valence-electron chi connectivity index (χ2n) is 1.97. The van der Waals surface area contributed by atoms with Crippen LogP contribution in [0.15, 0.2) is 21.3 Å². The highest BCUT2D eigenvalue weighted by Gasteiger charge is 2.12. The van der Waals surface area contributed by atoms with E-state index >= 15 is 0 Å². The van der Waals surface area contributed by atoms with Gasteiger partial charge in [0.05, 0.1) is 17.1 Å². The van der Waals surface area contributed by atoms with Crippen molar-refractivity contribution in [1.29, 1.82) is 0 Å². The number of aromatic nitrogens is 1. The lowest BCUT2D eigenvalue weighted by atomic mass is 10.3. The van der Waals surface area contributed by atoms with Crippen LogP contribution in [0.25, 0.3) is 0 Å². The lowest BCUT2D eigenvalue weighted by Crippen LogP contribution is -2.02. The van der Waals surface area contributed by atoms with Gasteiger partial charge in [-0.3, -0.25) is 4.98 Å². The van der Waals surface area contributed by atoms with Gasteiger partial charge in [-0.05, 0) is 31.9 Å². The van der Waals surface area contributed by atoms with Crippen molar-refractivity contribution in [3.05, 3.63) is 26.9 Å². The van der Waals surface area contributed by atoms with Crippen molar-refractivity contribution < 1.29 is 9.53 Å². The number of esters is 1. The summed E-state index contributed by atoms with van der Waals surface area (Å²) in [5.74, 6) is -0.407. The molecule has 0 saturated carbocycles. The number of carbonyl (C=O) groups is 1. The van der Waals surface area contributed by atoms with E-state index < -0.39 is 5.97 Å². The third-order valence-corrected chi connectivity index (χ3v) is 3.23. The van der Waals surface area contributed by atoms with E-state index in [1.165, 1.54) is 13.3 Å². The molecule has 0 aliphatic rings. The first-order chi connectivity index (χ1) is 5.66. The molecule has 1 aromatic rings. The van der Waals surface area contributed by atoms with Crippen LogP contribution in [0, 0.1) is 0 Å². The molecule has 0 unspecified atom stereocenters. The van der Waals surface area contributed by atoms with Gasteiger partial charge in [0.1, 0.15) is 0 Å². The maximum Gasteiger partial charge on any atom is 0.340 e. The van der Waals surface area contributed by atoms with Gasteiger partial charge in [0.25, 0.3) is 0 Å². The molecule has 0 amide bonds. The summed E-state index contributed by atoms with van der Waals surface area (Å²) in [6, 6.07) is 0. The number of hydrogen-bond acceptors (Lipinski definition) is 3. The number of carbonyl (C=O) groups excluding carboxylic acids is 1. The predicted octanol–water partition coefficient (Wildman–Crippen LogP) is 2.39. The van der Waals surface area contributed by atoms with Crippen molar-refractivity contribution >= 4 is 37.8 Å². The first kappa shape index (κ1) is 9.67. The Balaban J connectivity index is 3.16. The van der Waals surface area contributed by atoms with Gasteiger partial charge in [-0.1, -0.05) is 0 Å². The summed E-state index contributed by atoms with van der Waals surface area (Å²) in [5, 5.41) is 0. The minimum absolute atomic E-state index is 0.407. The van der Waals surface area contributed by atoms with Crippen LogP contribution in [0.5, 0.6) is 0 Å². The summed E-state index contributed by atoms with van der Waals surface area (Å²) >= 11 is 6.46. The molecule has 0 aromatic carbocycles. The number of methoxy groups -OCH3 is 1. The van der Waals surface area contributed by atoms with Crippen molar-refractivity contribution in [3.8, 4) is 0 Å². The monoisotopic (exact) mass is 293 g/mol. The van der Waals surface area contributed by atoms with Crippen LogP contribution in [0.2, 0.25) is 0 Å². The molecule has 0 N–H and O–H groups in total.